The lowest BCUT2D eigenvalue weighted by Gasteiger charge is -2.17. The van der Waals surface area contributed by atoms with Crippen molar-refractivity contribution in [1.29, 1.82) is 0 Å². The van der Waals surface area contributed by atoms with Crippen molar-refractivity contribution >= 4 is 0 Å². The molecule has 0 bridgehead atoms. The Morgan fingerprint density at radius 2 is 2.20 bits per heavy atom. The zero-order chi connectivity index (χ0) is 7.78. The van der Waals surface area contributed by atoms with Gasteiger partial charge in [-0.25, -0.2) is 0 Å². The van der Waals surface area contributed by atoms with Crippen molar-refractivity contribution in [2.24, 2.45) is 0 Å². The minimum absolute atomic E-state index is 0.157. The quantitative estimate of drug-likeness (QED) is 0.586. The van der Waals surface area contributed by atoms with E-state index in [0.717, 1.165) is 0 Å². The highest BCUT2D eigenvalue weighted by atomic mass is 16.7. The van der Waals surface area contributed by atoms with Crippen LogP contribution in [0.25, 0.3) is 0 Å². The minimum atomic E-state index is -0.512. The summed E-state index contributed by atoms with van der Waals surface area (Å²) < 4.78 is 10.6. The van der Waals surface area contributed by atoms with Gasteiger partial charge in [-0.2, -0.15) is 0 Å². The predicted molar refractivity (Wildman–Crippen MR) is 36.6 cm³/mol. The van der Waals surface area contributed by atoms with Crippen LogP contribution in [0.15, 0.2) is 0 Å². The number of hydrogen-bond acceptors (Lipinski definition) is 3. The normalized spacial score (nSPS) is 34.2. The second-order valence-corrected chi connectivity index (χ2v) is 3.11. The van der Waals surface area contributed by atoms with Gasteiger partial charge >= 0.3 is 0 Å². The molecule has 0 aromatic rings. The Bertz CT molecular complexity index is 120. The Balaban J connectivity index is 2.43. The largest absolute Gasteiger partial charge is 0.391 e. The molecule has 0 unspecified atom stereocenters. The number of aliphatic hydroxyl groups excluding tert-OH is 1. The van der Waals surface area contributed by atoms with Crippen LogP contribution < -0.4 is 0 Å². The first-order valence-corrected chi connectivity index (χ1v) is 3.51. The Morgan fingerprint density at radius 3 is 2.40 bits per heavy atom. The van der Waals surface area contributed by atoms with E-state index in [-0.39, 0.29) is 6.10 Å². The Kier molecular flexibility index (Phi) is 1.99. The van der Waals surface area contributed by atoms with Crippen molar-refractivity contribution in [1.82, 2.24) is 0 Å². The molecule has 1 aliphatic rings. The Morgan fingerprint density at radius 1 is 1.60 bits per heavy atom. The first kappa shape index (κ1) is 7.98. The van der Waals surface area contributed by atoms with E-state index >= 15 is 0 Å². The summed E-state index contributed by atoms with van der Waals surface area (Å²) in [7, 11) is 0. The van der Waals surface area contributed by atoms with Crippen LogP contribution in [0.3, 0.4) is 0 Å². The molecule has 1 N–H and O–H groups in total. The van der Waals surface area contributed by atoms with Gasteiger partial charge in [-0.3, -0.25) is 0 Å². The summed E-state index contributed by atoms with van der Waals surface area (Å²) in [4.78, 5) is 0. The zero-order valence-corrected chi connectivity index (χ0v) is 6.63. The fourth-order valence-corrected chi connectivity index (χ4v) is 0.953. The molecule has 3 heteroatoms. The van der Waals surface area contributed by atoms with E-state index in [1.54, 1.807) is 6.92 Å². The van der Waals surface area contributed by atoms with E-state index in [1.165, 1.54) is 0 Å². The van der Waals surface area contributed by atoms with Crippen LogP contribution in [0.2, 0.25) is 0 Å². The Hall–Kier alpha value is -0.120. The number of hydrogen-bond donors (Lipinski definition) is 1. The molecule has 1 heterocycles. The highest BCUT2D eigenvalue weighted by molar-refractivity contribution is 4.74. The molecule has 60 valence electrons. The van der Waals surface area contributed by atoms with Crippen molar-refractivity contribution in [3.8, 4) is 0 Å². The van der Waals surface area contributed by atoms with Gasteiger partial charge in [0.15, 0.2) is 5.79 Å². The number of aliphatic hydroxyl groups is 1. The summed E-state index contributed by atoms with van der Waals surface area (Å²) in [6.07, 6.45) is -0.600. The molecule has 1 saturated heterocycles. The molecular formula is C7H14O3. The summed E-state index contributed by atoms with van der Waals surface area (Å²) >= 11 is 0. The smallest absolute Gasteiger partial charge is 0.163 e. The zero-order valence-electron chi connectivity index (χ0n) is 6.63. The molecule has 1 aliphatic heterocycles. The van der Waals surface area contributed by atoms with Gasteiger partial charge in [0.25, 0.3) is 0 Å². The summed E-state index contributed by atoms with van der Waals surface area (Å²) in [6, 6.07) is 0. The molecule has 0 aliphatic carbocycles. The maximum atomic E-state index is 9.08. The maximum Gasteiger partial charge on any atom is 0.163 e. The van der Waals surface area contributed by atoms with E-state index in [9.17, 15) is 0 Å². The molecule has 2 atom stereocenters. The molecule has 0 saturated carbocycles. The van der Waals surface area contributed by atoms with Gasteiger partial charge in [0, 0.05) is 0 Å². The average Bonchev–Trinajstić information content (AvgIpc) is 2.10. The summed E-state index contributed by atoms with van der Waals surface area (Å²) in [5.74, 6) is -0.512. The van der Waals surface area contributed by atoms with Gasteiger partial charge in [-0.05, 0) is 20.8 Å². The van der Waals surface area contributed by atoms with E-state index in [1.807, 2.05) is 13.8 Å². The monoisotopic (exact) mass is 146 g/mol. The first-order chi connectivity index (χ1) is 4.51. The van der Waals surface area contributed by atoms with Crippen molar-refractivity contribution in [3.05, 3.63) is 0 Å². The third-order valence-corrected chi connectivity index (χ3v) is 1.57. The van der Waals surface area contributed by atoms with E-state index in [2.05, 4.69) is 0 Å². The van der Waals surface area contributed by atoms with Gasteiger partial charge in [-0.1, -0.05) is 0 Å². The summed E-state index contributed by atoms with van der Waals surface area (Å²) in [6.45, 7) is 5.88. The molecule has 1 fully saturated rings. The first-order valence-electron chi connectivity index (χ1n) is 3.51. The lowest BCUT2D eigenvalue weighted by atomic mass is 10.2. The predicted octanol–water partition coefficient (Wildman–Crippen LogP) is 0.519. The maximum absolute atomic E-state index is 9.08. The van der Waals surface area contributed by atoms with Crippen LogP contribution in [-0.2, 0) is 9.47 Å². The third kappa shape index (κ3) is 1.68. The van der Waals surface area contributed by atoms with Crippen LogP contribution in [-0.4, -0.2) is 29.7 Å². The highest BCUT2D eigenvalue weighted by Gasteiger charge is 2.34. The second-order valence-electron chi connectivity index (χ2n) is 3.11. The standard InChI is InChI=1S/C7H14O3/c1-5(8)6-4-9-7(2,3)10-6/h5-6,8H,4H2,1-3H3/t5-,6+/m1/s1. The van der Waals surface area contributed by atoms with E-state index in [4.69, 9.17) is 14.6 Å². The fraction of sp³-hybridized carbons (Fsp3) is 1.00. The second kappa shape index (κ2) is 2.49. The van der Waals surface area contributed by atoms with Gasteiger partial charge in [0.05, 0.1) is 12.7 Å². The SMILES string of the molecule is C[C@@H](O)[C@@H]1COC(C)(C)O1. The third-order valence-electron chi connectivity index (χ3n) is 1.57. The molecule has 0 radical (unpaired) electrons. The van der Waals surface area contributed by atoms with Crippen molar-refractivity contribution in [3.63, 3.8) is 0 Å². The number of rotatable bonds is 1. The molecule has 0 spiro atoms. The van der Waals surface area contributed by atoms with Gasteiger partial charge in [0.1, 0.15) is 6.10 Å². The van der Waals surface area contributed by atoms with Gasteiger partial charge in [-0.15, -0.1) is 0 Å². The van der Waals surface area contributed by atoms with Gasteiger partial charge < -0.3 is 14.6 Å². The number of ether oxygens (including phenoxy) is 2. The van der Waals surface area contributed by atoms with Crippen LogP contribution in [0.5, 0.6) is 0 Å². The molecule has 0 amide bonds. The molecule has 10 heavy (non-hydrogen) atoms. The van der Waals surface area contributed by atoms with Crippen molar-refractivity contribution in [2.45, 2.75) is 38.8 Å². The van der Waals surface area contributed by atoms with Crippen molar-refractivity contribution in [2.75, 3.05) is 6.61 Å². The van der Waals surface area contributed by atoms with Crippen LogP contribution in [0.1, 0.15) is 20.8 Å². The van der Waals surface area contributed by atoms with Crippen LogP contribution in [0.4, 0.5) is 0 Å². The van der Waals surface area contributed by atoms with E-state index in [0.29, 0.717) is 6.61 Å². The molecule has 0 aromatic carbocycles. The average molecular weight is 146 g/mol. The summed E-state index contributed by atoms with van der Waals surface area (Å²) in [5, 5.41) is 9.08. The van der Waals surface area contributed by atoms with E-state index < -0.39 is 11.9 Å². The lowest BCUT2D eigenvalue weighted by molar-refractivity contribution is -0.149. The lowest BCUT2D eigenvalue weighted by Crippen LogP contribution is -2.28. The fourth-order valence-electron chi connectivity index (χ4n) is 0.953. The molecule has 0 aromatic heterocycles. The van der Waals surface area contributed by atoms with Gasteiger partial charge in [0.2, 0.25) is 0 Å². The van der Waals surface area contributed by atoms with Crippen LogP contribution >= 0.6 is 0 Å². The molecule has 3 nitrogen and oxygen atoms in total. The minimum Gasteiger partial charge on any atom is -0.391 e. The topological polar surface area (TPSA) is 38.7 Å². The Labute approximate surface area is 60.9 Å². The van der Waals surface area contributed by atoms with Crippen LogP contribution in [0, 0.1) is 0 Å². The highest BCUT2D eigenvalue weighted by Crippen LogP contribution is 2.23. The summed E-state index contributed by atoms with van der Waals surface area (Å²) in [5.41, 5.74) is 0. The molecule has 1 rings (SSSR count). The molecular weight excluding hydrogens is 132 g/mol. The van der Waals surface area contributed by atoms with Crippen molar-refractivity contribution < 1.29 is 14.6 Å².